The Kier molecular flexibility index (Phi) is 7.18. The first-order chi connectivity index (χ1) is 13.2. The number of methoxy groups -OCH3 is 1. The Bertz CT molecular complexity index is 617. The molecule has 7 heteroatoms. The number of carbonyl (C=O) groups is 2. The third-order valence-electron chi connectivity index (χ3n) is 5.59. The number of hydrogen-bond donors (Lipinski definition) is 1. The molecule has 0 aromatic carbocycles. The molecule has 3 rings (SSSR count). The second-order valence-electron chi connectivity index (χ2n) is 7.42. The number of hydrogen-bond acceptors (Lipinski definition) is 5. The lowest BCUT2D eigenvalue weighted by molar-refractivity contribution is -0.136. The summed E-state index contributed by atoms with van der Waals surface area (Å²) in [6, 6.07) is 6.19. The molecular formula is C20H30N4O3. The summed E-state index contributed by atoms with van der Waals surface area (Å²) in [4.78, 5) is 33.1. The maximum atomic E-state index is 12.6. The molecule has 2 saturated heterocycles. The summed E-state index contributed by atoms with van der Waals surface area (Å²) in [7, 11) is 1.55. The molecule has 0 unspecified atom stereocenters. The summed E-state index contributed by atoms with van der Waals surface area (Å²) in [6.45, 7) is 4.05. The maximum Gasteiger partial charge on any atom is 0.248 e. The lowest BCUT2D eigenvalue weighted by Crippen LogP contribution is -2.51. The van der Waals surface area contributed by atoms with Gasteiger partial charge in [-0.15, -0.1) is 0 Å². The van der Waals surface area contributed by atoms with E-state index in [0.717, 1.165) is 57.6 Å². The molecule has 0 aliphatic carbocycles. The quantitative estimate of drug-likeness (QED) is 0.806. The number of rotatable bonds is 6. The summed E-state index contributed by atoms with van der Waals surface area (Å²) in [6.07, 6.45) is 5.67. The van der Waals surface area contributed by atoms with Crippen LogP contribution in [0.3, 0.4) is 0 Å². The minimum atomic E-state index is 0.0376. The fourth-order valence-electron chi connectivity index (χ4n) is 4.07. The van der Waals surface area contributed by atoms with E-state index in [2.05, 4.69) is 15.2 Å². The van der Waals surface area contributed by atoms with Gasteiger partial charge in [0, 0.05) is 39.0 Å². The number of carbonyl (C=O) groups excluding carboxylic acids is 2. The minimum absolute atomic E-state index is 0.0376. The van der Waals surface area contributed by atoms with Gasteiger partial charge < -0.3 is 15.0 Å². The first-order valence-electron chi connectivity index (χ1n) is 9.85. The molecular weight excluding hydrogens is 344 g/mol. The van der Waals surface area contributed by atoms with Crippen molar-refractivity contribution in [2.45, 2.75) is 38.3 Å². The van der Waals surface area contributed by atoms with E-state index in [4.69, 9.17) is 4.74 Å². The van der Waals surface area contributed by atoms with Crippen molar-refractivity contribution >= 4 is 11.8 Å². The van der Waals surface area contributed by atoms with Gasteiger partial charge in [-0.05, 0) is 44.4 Å². The van der Waals surface area contributed by atoms with Crippen LogP contribution in [-0.4, -0.2) is 72.5 Å². The zero-order valence-corrected chi connectivity index (χ0v) is 16.1. The van der Waals surface area contributed by atoms with Crippen LogP contribution in [0.15, 0.2) is 24.4 Å². The van der Waals surface area contributed by atoms with E-state index in [9.17, 15) is 9.59 Å². The Morgan fingerprint density at radius 3 is 2.74 bits per heavy atom. The predicted molar refractivity (Wildman–Crippen MR) is 102 cm³/mol. The maximum absolute atomic E-state index is 12.6. The zero-order valence-electron chi connectivity index (χ0n) is 16.1. The van der Waals surface area contributed by atoms with Gasteiger partial charge in [0.1, 0.15) is 6.61 Å². The lowest BCUT2D eigenvalue weighted by atomic mass is 9.93. The Morgan fingerprint density at radius 2 is 2.04 bits per heavy atom. The minimum Gasteiger partial charge on any atom is -0.375 e. The highest BCUT2D eigenvalue weighted by Gasteiger charge is 2.32. The predicted octanol–water partition coefficient (Wildman–Crippen LogP) is 1.05. The highest BCUT2D eigenvalue weighted by Crippen LogP contribution is 2.24. The first-order valence-corrected chi connectivity index (χ1v) is 9.85. The molecule has 0 bridgehead atoms. The van der Waals surface area contributed by atoms with Crippen LogP contribution in [0.4, 0.5) is 0 Å². The van der Waals surface area contributed by atoms with Gasteiger partial charge in [-0.25, -0.2) is 0 Å². The van der Waals surface area contributed by atoms with Gasteiger partial charge in [-0.1, -0.05) is 6.07 Å². The number of pyridine rings is 1. The fraction of sp³-hybridized carbons (Fsp3) is 0.650. The number of ether oxygens (including phenoxy) is 1. The fourth-order valence-corrected chi connectivity index (χ4v) is 4.07. The Labute approximate surface area is 161 Å². The van der Waals surface area contributed by atoms with Gasteiger partial charge in [0.05, 0.1) is 18.2 Å². The normalized spacial score (nSPS) is 21.8. The van der Waals surface area contributed by atoms with E-state index in [-0.39, 0.29) is 24.3 Å². The van der Waals surface area contributed by atoms with E-state index in [1.807, 2.05) is 23.1 Å². The third-order valence-corrected chi connectivity index (χ3v) is 5.59. The molecule has 2 fully saturated rings. The van der Waals surface area contributed by atoms with Crippen molar-refractivity contribution in [1.82, 2.24) is 20.1 Å². The highest BCUT2D eigenvalue weighted by molar-refractivity contribution is 5.79. The van der Waals surface area contributed by atoms with Crippen molar-refractivity contribution in [2.24, 2.45) is 5.92 Å². The van der Waals surface area contributed by atoms with Crippen LogP contribution < -0.4 is 5.32 Å². The van der Waals surface area contributed by atoms with Crippen LogP contribution >= 0.6 is 0 Å². The van der Waals surface area contributed by atoms with E-state index >= 15 is 0 Å². The molecule has 0 saturated carbocycles. The largest absolute Gasteiger partial charge is 0.375 e. The van der Waals surface area contributed by atoms with Crippen LogP contribution in [0, 0.1) is 5.92 Å². The molecule has 1 aromatic heterocycles. The van der Waals surface area contributed by atoms with Gasteiger partial charge in [-0.3, -0.25) is 19.5 Å². The van der Waals surface area contributed by atoms with Crippen molar-refractivity contribution in [2.75, 3.05) is 39.9 Å². The Hall–Kier alpha value is -1.99. The average Bonchev–Trinajstić information content (AvgIpc) is 2.73. The van der Waals surface area contributed by atoms with E-state index in [0.29, 0.717) is 12.6 Å². The van der Waals surface area contributed by atoms with Gasteiger partial charge in [-0.2, -0.15) is 0 Å². The molecule has 0 radical (unpaired) electrons. The first kappa shape index (κ1) is 19.8. The topological polar surface area (TPSA) is 74.8 Å². The van der Waals surface area contributed by atoms with Gasteiger partial charge >= 0.3 is 0 Å². The number of amides is 2. The van der Waals surface area contributed by atoms with Crippen molar-refractivity contribution in [3.05, 3.63) is 30.1 Å². The molecule has 2 aliphatic heterocycles. The van der Waals surface area contributed by atoms with Crippen molar-refractivity contribution < 1.29 is 14.3 Å². The smallest absolute Gasteiger partial charge is 0.248 e. The average molecular weight is 374 g/mol. The molecule has 1 N–H and O–H groups in total. The molecule has 2 aliphatic rings. The molecule has 1 atom stereocenters. The Morgan fingerprint density at radius 1 is 1.22 bits per heavy atom. The number of piperidine rings is 2. The summed E-state index contributed by atoms with van der Waals surface area (Å²) in [5, 5.41) is 3.03. The SMILES string of the molecule is COCC(=O)N1CCC(N2CCC[C@H](C(=O)NCc3ccccn3)C2)CC1. The van der Waals surface area contributed by atoms with Crippen molar-refractivity contribution in [3.63, 3.8) is 0 Å². The molecule has 148 valence electrons. The lowest BCUT2D eigenvalue weighted by Gasteiger charge is -2.42. The van der Waals surface area contributed by atoms with E-state index in [1.165, 1.54) is 0 Å². The second-order valence-corrected chi connectivity index (χ2v) is 7.42. The van der Waals surface area contributed by atoms with Gasteiger partial charge in [0.15, 0.2) is 0 Å². The molecule has 1 aromatic rings. The standard InChI is InChI=1S/C20H30N4O3/c1-27-15-19(25)23-11-7-18(8-12-23)24-10-4-5-16(14-24)20(26)22-13-17-6-2-3-9-21-17/h2-3,6,9,16,18H,4-5,7-8,10-15H2,1H3,(H,22,26)/t16-/m0/s1. The van der Waals surface area contributed by atoms with Gasteiger partial charge in [0.25, 0.3) is 0 Å². The van der Waals surface area contributed by atoms with Crippen molar-refractivity contribution in [3.8, 4) is 0 Å². The third kappa shape index (κ3) is 5.49. The van der Waals surface area contributed by atoms with Crippen LogP contribution in [0.2, 0.25) is 0 Å². The number of nitrogens with one attached hydrogen (secondary N) is 1. The van der Waals surface area contributed by atoms with E-state index in [1.54, 1.807) is 13.3 Å². The van der Waals surface area contributed by atoms with E-state index < -0.39 is 0 Å². The summed E-state index contributed by atoms with van der Waals surface area (Å²) < 4.78 is 4.94. The summed E-state index contributed by atoms with van der Waals surface area (Å²) in [5.41, 5.74) is 0.881. The second kappa shape index (κ2) is 9.80. The molecule has 27 heavy (non-hydrogen) atoms. The van der Waals surface area contributed by atoms with Crippen LogP contribution in [0.1, 0.15) is 31.4 Å². The van der Waals surface area contributed by atoms with Gasteiger partial charge in [0.2, 0.25) is 11.8 Å². The van der Waals surface area contributed by atoms with Crippen LogP contribution in [0.25, 0.3) is 0 Å². The zero-order chi connectivity index (χ0) is 19.1. The molecule has 2 amide bonds. The highest BCUT2D eigenvalue weighted by atomic mass is 16.5. The molecule has 3 heterocycles. The number of nitrogens with zero attached hydrogens (tertiary/aromatic N) is 3. The Balaban J connectivity index is 1.45. The van der Waals surface area contributed by atoms with Crippen molar-refractivity contribution in [1.29, 1.82) is 0 Å². The molecule has 7 nitrogen and oxygen atoms in total. The number of likely N-dealkylation sites (tertiary alicyclic amines) is 2. The number of aromatic nitrogens is 1. The van der Waals surface area contributed by atoms with Crippen LogP contribution in [-0.2, 0) is 20.9 Å². The summed E-state index contributed by atoms with van der Waals surface area (Å²) >= 11 is 0. The van der Waals surface area contributed by atoms with Crippen LogP contribution in [0.5, 0.6) is 0 Å². The monoisotopic (exact) mass is 374 g/mol. The summed E-state index contributed by atoms with van der Waals surface area (Å²) in [5.74, 6) is 0.232. The molecule has 0 spiro atoms.